The van der Waals surface area contributed by atoms with E-state index in [-0.39, 0.29) is 6.67 Å². The molecule has 3 heteroatoms. The summed E-state index contributed by atoms with van der Waals surface area (Å²) in [7, 11) is 0. The molecule has 0 radical (unpaired) electrons. The van der Waals surface area contributed by atoms with Gasteiger partial charge in [-0.05, 0) is 18.4 Å². The predicted octanol–water partition coefficient (Wildman–Crippen LogP) is 2.25. The zero-order chi connectivity index (χ0) is 12.8. The first-order valence-corrected chi connectivity index (χ1v) is 6.90. The minimum absolute atomic E-state index is 0.242. The second-order valence-corrected chi connectivity index (χ2v) is 5.04. The van der Waals surface area contributed by atoms with Crippen LogP contribution < -0.4 is 5.32 Å². The van der Waals surface area contributed by atoms with Gasteiger partial charge in [-0.25, -0.2) is 4.39 Å². The molecule has 1 aromatic carbocycles. The minimum atomic E-state index is -0.242. The fraction of sp³-hybridized carbons (Fsp3) is 0.600. The van der Waals surface area contributed by atoms with E-state index in [9.17, 15) is 4.39 Å². The maximum atomic E-state index is 12.6. The van der Waals surface area contributed by atoms with E-state index in [4.69, 9.17) is 0 Å². The number of benzene rings is 1. The second kappa shape index (κ2) is 6.86. The van der Waals surface area contributed by atoms with Crippen molar-refractivity contribution in [1.29, 1.82) is 0 Å². The van der Waals surface area contributed by atoms with Crippen LogP contribution in [0.3, 0.4) is 0 Å². The molecular weight excluding hydrogens is 227 g/mol. The SMILES string of the molecule is CCC1CNC(Cc2ccccc2)CN1CCF. The molecule has 1 aliphatic heterocycles. The molecule has 1 N–H and O–H groups in total. The number of hydrogen-bond acceptors (Lipinski definition) is 2. The van der Waals surface area contributed by atoms with Crippen molar-refractivity contribution in [3.63, 3.8) is 0 Å². The third-order valence-electron chi connectivity index (χ3n) is 3.78. The summed E-state index contributed by atoms with van der Waals surface area (Å²) < 4.78 is 12.6. The zero-order valence-corrected chi connectivity index (χ0v) is 11.1. The first-order valence-electron chi connectivity index (χ1n) is 6.90. The van der Waals surface area contributed by atoms with E-state index in [1.165, 1.54) is 5.56 Å². The van der Waals surface area contributed by atoms with Crippen molar-refractivity contribution in [2.75, 3.05) is 26.3 Å². The Kier molecular flexibility index (Phi) is 5.14. The van der Waals surface area contributed by atoms with Gasteiger partial charge in [0.2, 0.25) is 0 Å². The summed E-state index contributed by atoms with van der Waals surface area (Å²) in [5.41, 5.74) is 1.35. The van der Waals surface area contributed by atoms with E-state index < -0.39 is 0 Å². The van der Waals surface area contributed by atoms with E-state index in [0.29, 0.717) is 18.6 Å². The topological polar surface area (TPSA) is 15.3 Å². The van der Waals surface area contributed by atoms with Crippen molar-refractivity contribution in [2.45, 2.75) is 31.8 Å². The Morgan fingerprint density at radius 3 is 2.78 bits per heavy atom. The average molecular weight is 250 g/mol. The van der Waals surface area contributed by atoms with Gasteiger partial charge in [0.1, 0.15) is 6.67 Å². The normalized spacial score (nSPS) is 25.2. The summed E-state index contributed by atoms with van der Waals surface area (Å²) in [6.07, 6.45) is 2.12. The molecule has 100 valence electrons. The maximum absolute atomic E-state index is 12.6. The lowest BCUT2D eigenvalue weighted by Gasteiger charge is -2.39. The Morgan fingerprint density at radius 1 is 1.33 bits per heavy atom. The van der Waals surface area contributed by atoms with Crippen LogP contribution in [0.1, 0.15) is 18.9 Å². The Balaban J connectivity index is 1.91. The number of nitrogens with zero attached hydrogens (tertiary/aromatic N) is 1. The highest BCUT2D eigenvalue weighted by Crippen LogP contribution is 2.13. The largest absolute Gasteiger partial charge is 0.311 e. The van der Waals surface area contributed by atoms with E-state index in [1.807, 2.05) is 6.07 Å². The quantitative estimate of drug-likeness (QED) is 0.862. The molecule has 2 atom stereocenters. The van der Waals surface area contributed by atoms with Gasteiger partial charge in [-0.3, -0.25) is 4.90 Å². The highest BCUT2D eigenvalue weighted by atomic mass is 19.1. The maximum Gasteiger partial charge on any atom is 0.102 e. The molecule has 1 heterocycles. The number of halogens is 1. The van der Waals surface area contributed by atoms with Crippen LogP contribution in [0.5, 0.6) is 0 Å². The molecule has 2 rings (SSSR count). The fourth-order valence-electron chi connectivity index (χ4n) is 2.75. The number of hydrogen-bond donors (Lipinski definition) is 1. The molecule has 1 saturated heterocycles. The summed E-state index contributed by atoms with van der Waals surface area (Å²) in [5, 5.41) is 3.59. The van der Waals surface area contributed by atoms with Gasteiger partial charge < -0.3 is 5.32 Å². The van der Waals surface area contributed by atoms with Crippen LogP contribution in [0.2, 0.25) is 0 Å². The lowest BCUT2D eigenvalue weighted by molar-refractivity contribution is 0.118. The molecule has 0 aliphatic carbocycles. The van der Waals surface area contributed by atoms with Gasteiger partial charge in [0.15, 0.2) is 0 Å². The van der Waals surface area contributed by atoms with Crippen molar-refractivity contribution >= 4 is 0 Å². The van der Waals surface area contributed by atoms with Gasteiger partial charge in [-0.2, -0.15) is 0 Å². The van der Waals surface area contributed by atoms with Crippen LogP contribution >= 0.6 is 0 Å². The Hall–Kier alpha value is -0.930. The van der Waals surface area contributed by atoms with Gasteiger partial charge in [-0.15, -0.1) is 0 Å². The lowest BCUT2D eigenvalue weighted by Crippen LogP contribution is -2.57. The molecule has 0 aromatic heterocycles. The highest BCUT2D eigenvalue weighted by molar-refractivity contribution is 5.16. The van der Waals surface area contributed by atoms with Gasteiger partial charge in [0.05, 0.1) is 0 Å². The van der Waals surface area contributed by atoms with Crippen LogP contribution in [0.4, 0.5) is 4.39 Å². The Labute approximate surface area is 109 Å². The smallest absolute Gasteiger partial charge is 0.102 e. The summed E-state index contributed by atoms with van der Waals surface area (Å²) in [6.45, 7) is 4.44. The molecule has 1 aliphatic rings. The number of piperazine rings is 1. The monoisotopic (exact) mass is 250 g/mol. The minimum Gasteiger partial charge on any atom is -0.311 e. The molecule has 0 spiro atoms. The summed E-state index contributed by atoms with van der Waals surface area (Å²) in [6, 6.07) is 11.5. The molecule has 18 heavy (non-hydrogen) atoms. The predicted molar refractivity (Wildman–Crippen MR) is 73.6 cm³/mol. The molecule has 1 aromatic rings. The Morgan fingerprint density at radius 2 is 2.11 bits per heavy atom. The molecule has 0 saturated carbocycles. The van der Waals surface area contributed by atoms with Gasteiger partial charge in [0, 0.05) is 31.7 Å². The van der Waals surface area contributed by atoms with E-state index in [1.54, 1.807) is 0 Å². The highest BCUT2D eigenvalue weighted by Gasteiger charge is 2.26. The number of nitrogens with one attached hydrogen (secondary N) is 1. The number of alkyl halides is 1. The van der Waals surface area contributed by atoms with Crippen LogP contribution in [0.15, 0.2) is 30.3 Å². The van der Waals surface area contributed by atoms with Crippen molar-refractivity contribution in [3.8, 4) is 0 Å². The third-order valence-corrected chi connectivity index (χ3v) is 3.78. The summed E-state index contributed by atoms with van der Waals surface area (Å²) >= 11 is 0. The lowest BCUT2D eigenvalue weighted by atomic mass is 10.0. The first kappa shape index (κ1) is 13.5. The van der Waals surface area contributed by atoms with E-state index in [0.717, 1.165) is 25.9 Å². The van der Waals surface area contributed by atoms with Gasteiger partial charge in [-0.1, -0.05) is 37.3 Å². The zero-order valence-electron chi connectivity index (χ0n) is 11.1. The van der Waals surface area contributed by atoms with Crippen molar-refractivity contribution in [1.82, 2.24) is 10.2 Å². The van der Waals surface area contributed by atoms with E-state index in [2.05, 4.69) is 41.4 Å². The molecular formula is C15H23FN2. The third kappa shape index (κ3) is 3.53. The van der Waals surface area contributed by atoms with Crippen LogP contribution in [-0.4, -0.2) is 43.3 Å². The summed E-state index contributed by atoms with van der Waals surface area (Å²) in [5.74, 6) is 0. The van der Waals surface area contributed by atoms with Crippen molar-refractivity contribution in [2.24, 2.45) is 0 Å². The standard InChI is InChI=1S/C15H23FN2/c1-2-15-11-17-14(12-18(15)9-8-16)10-13-6-4-3-5-7-13/h3-7,14-15,17H,2,8-12H2,1H3. The molecule has 2 unspecified atom stereocenters. The fourth-order valence-corrected chi connectivity index (χ4v) is 2.75. The van der Waals surface area contributed by atoms with Crippen molar-refractivity contribution < 1.29 is 4.39 Å². The second-order valence-electron chi connectivity index (χ2n) is 5.04. The van der Waals surface area contributed by atoms with Crippen LogP contribution in [-0.2, 0) is 6.42 Å². The molecule has 0 amide bonds. The first-order chi connectivity index (χ1) is 8.83. The van der Waals surface area contributed by atoms with E-state index >= 15 is 0 Å². The van der Waals surface area contributed by atoms with Gasteiger partial charge >= 0.3 is 0 Å². The Bertz CT molecular complexity index is 342. The van der Waals surface area contributed by atoms with Gasteiger partial charge in [0.25, 0.3) is 0 Å². The summed E-state index contributed by atoms with van der Waals surface area (Å²) in [4.78, 5) is 2.30. The van der Waals surface area contributed by atoms with Crippen LogP contribution in [0, 0.1) is 0 Å². The molecule has 1 fully saturated rings. The van der Waals surface area contributed by atoms with Crippen LogP contribution in [0.25, 0.3) is 0 Å². The van der Waals surface area contributed by atoms with Crippen molar-refractivity contribution in [3.05, 3.63) is 35.9 Å². The number of rotatable bonds is 5. The molecule has 2 nitrogen and oxygen atoms in total. The average Bonchev–Trinajstić information content (AvgIpc) is 2.41. The molecule has 0 bridgehead atoms.